The molecule has 0 unspecified atom stereocenters. The Labute approximate surface area is 131 Å². The van der Waals surface area contributed by atoms with Crippen LogP contribution in [0.25, 0.3) is 0 Å². The number of hydrogen-bond donors (Lipinski definition) is 1. The number of carbonyl (C=O) groups excluding carboxylic acids is 1. The van der Waals surface area contributed by atoms with Gasteiger partial charge in [-0.1, -0.05) is 18.4 Å². The molecule has 1 N–H and O–H groups in total. The van der Waals surface area contributed by atoms with Crippen LogP contribution in [0.3, 0.4) is 0 Å². The Balaban J connectivity index is 2.32. The van der Waals surface area contributed by atoms with Crippen molar-refractivity contribution in [3.05, 3.63) is 29.3 Å². The van der Waals surface area contributed by atoms with Crippen molar-refractivity contribution in [3.8, 4) is 12.3 Å². The average molecular weight is 320 g/mol. The molecule has 1 aromatic carbocycles. The summed E-state index contributed by atoms with van der Waals surface area (Å²) >= 11 is 0. The lowest BCUT2D eigenvalue weighted by Crippen LogP contribution is -2.35. The summed E-state index contributed by atoms with van der Waals surface area (Å²) in [7, 11) is -3.54. The first-order chi connectivity index (χ1) is 10.5. The van der Waals surface area contributed by atoms with Gasteiger partial charge in [0.2, 0.25) is 10.0 Å². The SMILES string of the molecule is C#CCNC(=O)c1cc(S(=O)(=O)N2CCCCC2)ccc1C. The zero-order chi connectivity index (χ0) is 16.2. The van der Waals surface area contributed by atoms with Gasteiger partial charge < -0.3 is 5.32 Å². The number of hydrogen-bond acceptors (Lipinski definition) is 3. The van der Waals surface area contributed by atoms with Crippen LogP contribution < -0.4 is 5.32 Å². The van der Waals surface area contributed by atoms with E-state index in [4.69, 9.17) is 6.42 Å². The van der Waals surface area contributed by atoms with Crippen LogP contribution in [0.2, 0.25) is 0 Å². The third-order valence-electron chi connectivity index (χ3n) is 3.76. The number of aryl methyl sites for hydroxylation is 1. The van der Waals surface area contributed by atoms with Gasteiger partial charge in [-0.2, -0.15) is 4.31 Å². The Bertz CT molecular complexity index is 699. The van der Waals surface area contributed by atoms with Gasteiger partial charge in [-0.05, 0) is 37.5 Å². The van der Waals surface area contributed by atoms with E-state index in [-0.39, 0.29) is 17.3 Å². The quantitative estimate of drug-likeness (QED) is 0.856. The summed E-state index contributed by atoms with van der Waals surface area (Å²) in [5.74, 6) is 1.97. The predicted octanol–water partition coefficient (Wildman–Crippen LogP) is 1.53. The summed E-state index contributed by atoms with van der Waals surface area (Å²) in [6, 6.07) is 4.64. The summed E-state index contributed by atoms with van der Waals surface area (Å²) in [5.41, 5.74) is 1.06. The Morgan fingerprint density at radius 3 is 2.64 bits per heavy atom. The second-order valence-corrected chi connectivity index (χ2v) is 7.27. The fourth-order valence-electron chi connectivity index (χ4n) is 2.49. The molecule has 1 saturated heterocycles. The normalized spacial score (nSPS) is 16.0. The largest absolute Gasteiger partial charge is 0.341 e. The number of piperidine rings is 1. The number of amides is 1. The van der Waals surface area contributed by atoms with E-state index in [1.165, 1.54) is 10.4 Å². The molecule has 0 bridgehead atoms. The number of terminal acetylenes is 1. The molecule has 0 saturated carbocycles. The highest BCUT2D eigenvalue weighted by Crippen LogP contribution is 2.22. The molecular weight excluding hydrogens is 300 g/mol. The summed E-state index contributed by atoms with van der Waals surface area (Å²) in [4.78, 5) is 12.2. The lowest BCUT2D eigenvalue weighted by atomic mass is 10.1. The van der Waals surface area contributed by atoms with Crippen molar-refractivity contribution >= 4 is 15.9 Å². The van der Waals surface area contributed by atoms with E-state index in [9.17, 15) is 13.2 Å². The molecule has 0 aliphatic carbocycles. The molecule has 6 heteroatoms. The molecule has 1 fully saturated rings. The van der Waals surface area contributed by atoms with Crippen LogP contribution in [0.5, 0.6) is 0 Å². The number of carbonyl (C=O) groups is 1. The molecule has 0 aromatic heterocycles. The van der Waals surface area contributed by atoms with Crippen molar-refractivity contribution < 1.29 is 13.2 Å². The van der Waals surface area contributed by atoms with Gasteiger partial charge >= 0.3 is 0 Å². The summed E-state index contributed by atoms with van der Waals surface area (Å²) in [5, 5.41) is 2.56. The Hall–Kier alpha value is -1.84. The zero-order valence-corrected chi connectivity index (χ0v) is 13.4. The highest BCUT2D eigenvalue weighted by atomic mass is 32.2. The maximum absolute atomic E-state index is 12.6. The minimum absolute atomic E-state index is 0.112. The van der Waals surface area contributed by atoms with E-state index in [1.54, 1.807) is 19.1 Å². The Kier molecular flexibility index (Phi) is 5.22. The van der Waals surface area contributed by atoms with Crippen LogP contribution >= 0.6 is 0 Å². The van der Waals surface area contributed by atoms with E-state index in [2.05, 4.69) is 11.2 Å². The highest BCUT2D eigenvalue weighted by Gasteiger charge is 2.26. The van der Waals surface area contributed by atoms with Crippen LogP contribution in [0.15, 0.2) is 23.1 Å². The smallest absolute Gasteiger partial charge is 0.252 e. The van der Waals surface area contributed by atoms with Crippen molar-refractivity contribution in [2.24, 2.45) is 0 Å². The van der Waals surface area contributed by atoms with Crippen molar-refractivity contribution in [2.45, 2.75) is 31.1 Å². The number of sulfonamides is 1. The highest BCUT2D eigenvalue weighted by molar-refractivity contribution is 7.89. The van der Waals surface area contributed by atoms with E-state index in [0.717, 1.165) is 19.3 Å². The van der Waals surface area contributed by atoms with Gasteiger partial charge in [0.05, 0.1) is 11.4 Å². The van der Waals surface area contributed by atoms with Gasteiger partial charge in [-0.3, -0.25) is 4.79 Å². The van der Waals surface area contributed by atoms with Gasteiger partial charge in [0.25, 0.3) is 5.91 Å². The minimum Gasteiger partial charge on any atom is -0.341 e. The molecule has 1 heterocycles. The van der Waals surface area contributed by atoms with E-state index in [0.29, 0.717) is 24.2 Å². The third-order valence-corrected chi connectivity index (χ3v) is 5.65. The van der Waals surface area contributed by atoms with Crippen LogP contribution in [0.4, 0.5) is 0 Å². The molecule has 22 heavy (non-hydrogen) atoms. The molecule has 118 valence electrons. The molecule has 2 rings (SSSR count). The predicted molar refractivity (Wildman–Crippen MR) is 85.0 cm³/mol. The first-order valence-electron chi connectivity index (χ1n) is 7.29. The van der Waals surface area contributed by atoms with Gasteiger partial charge in [-0.25, -0.2) is 8.42 Å². The fourth-order valence-corrected chi connectivity index (χ4v) is 4.03. The maximum Gasteiger partial charge on any atom is 0.252 e. The summed E-state index contributed by atoms with van der Waals surface area (Å²) < 4.78 is 26.8. The minimum atomic E-state index is -3.54. The second-order valence-electron chi connectivity index (χ2n) is 5.33. The average Bonchev–Trinajstić information content (AvgIpc) is 2.53. The van der Waals surface area contributed by atoms with Crippen LogP contribution in [0.1, 0.15) is 35.2 Å². The van der Waals surface area contributed by atoms with E-state index < -0.39 is 10.0 Å². The molecule has 5 nitrogen and oxygen atoms in total. The van der Waals surface area contributed by atoms with Crippen molar-refractivity contribution in [3.63, 3.8) is 0 Å². The van der Waals surface area contributed by atoms with Crippen molar-refractivity contribution in [1.29, 1.82) is 0 Å². The van der Waals surface area contributed by atoms with E-state index >= 15 is 0 Å². The monoisotopic (exact) mass is 320 g/mol. The number of nitrogens with one attached hydrogen (secondary N) is 1. The summed E-state index contributed by atoms with van der Waals surface area (Å²) in [6.45, 7) is 2.95. The Morgan fingerprint density at radius 2 is 2.00 bits per heavy atom. The topological polar surface area (TPSA) is 66.5 Å². The third kappa shape index (κ3) is 3.49. The van der Waals surface area contributed by atoms with Gasteiger partial charge in [0, 0.05) is 18.7 Å². The first kappa shape index (κ1) is 16.5. The molecule has 1 aliphatic rings. The number of rotatable bonds is 4. The molecule has 1 amide bonds. The standard InChI is InChI=1S/C16H20N2O3S/c1-3-9-17-16(19)15-12-14(8-7-13(15)2)22(20,21)18-10-5-4-6-11-18/h1,7-8,12H,4-6,9-11H2,2H3,(H,17,19). The number of nitrogens with zero attached hydrogens (tertiary/aromatic N) is 1. The van der Waals surface area contributed by atoms with Gasteiger partial charge in [0.15, 0.2) is 0 Å². The fraction of sp³-hybridized carbons (Fsp3) is 0.438. The van der Waals surface area contributed by atoms with Crippen molar-refractivity contribution in [1.82, 2.24) is 9.62 Å². The van der Waals surface area contributed by atoms with E-state index in [1.807, 2.05) is 0 Å². The van der Waals surface area contributed by atoms with Crippen LogP contribution in [-0.2, 0) is 10.0 Å². The molecule has 0 spiro atoms. The lowest BCUT2D eigenvalue weighted by Gasteiger charge is -2.26. The van der Waals surface area contributed by atoms with Crippen LogP contribution in [-0.4, -0.2) is 38.3 Å². The van der Waals surface area contributed by atoms with Crippen molar-refractivity contribution in [2.75, 3.05) is 19.6 Å². The lowest BCUT2D eigenvalue weighted by molar-refractivity contribution is 0.0958. The molecule has 0 radical (unpaired) electrons. The Morgan fingerprint density at radius 1 is 1.32 bits per heavy atom. The molecule has 0 atom stereocenters. The second kappa shape index (κ2) is 6.95. The van der Waals surface area contributed by atoms with Gasteiger partial charge in [-0.15, -0.1) is 6.42 Å². The number of benzene rings is 1. The summed E-state index contributed by atoms with van der Waals surface area (Å²) in [6.07, 6.45) is 7.93. The molecular formula is C16H20N2O3S. The maximum atomic E-state index is 12.6. The first-order valence-corrected chi connectivity index (χ1v) is 8.73. The zero-order valence-electron chi connectivity index (χ0n) is 12.6. The van der Waals surface area contributed by atoms with Gasteiger partial charge in [0.1, 0.15) is 0 Å². The van der Waals surface area contributed by atoms with Crippen LogP contribution in [0, 0.1) is 19.3 Å². The molecule has 1 aromatic rings. The molecule has 1 aliphatic heterocycles.